The average Bonchev–Trinajstić information content (AvgIpc) is 3.12. The highest BCUT2D eigenvalue weighted by molar-refractivity contribution is 14.0. The third-order valence-corrected chi connectivity index (χ3v) is 4.43. The molecule has 0 unspecified atom stereocenters. The van der Waals surface area contributed by atoms with Crippen LogP contribution in [0.5, 0.6) is 0 Å². The number of aromatic nitrogens is 1. The largest absolute Gasteiger partial charge is 0.370 e. The summed E-state index contributed by atoms with van der Waals surface area (Å²) in [7, 11) is 1.77. The van der Waals surface area contributed by atoms with Gasteiger partial charge in [-0.1, -0.05) is 12.1 Å². The fourth-order valence-electron chi connectivity index (χ4n) is 2.05. The van der Waals surface area contributed by atoms with Crippen molar-refractivity contribution in [3.05, 3.63) is 52.5 Å². The van der Waals surface area contributed by atoms with Crippen molar-refractivity contribution in [2.45, 2.75) is 12.8 Å². The van der Waals surface area contributed by atoms with Gasteiger partial charge in [0.15, 0.2) is 5.96 Å². The van der Waals surface area contributed by atoms with Gasteiger partial charge in [-0.25, -0.2) is 4.99 Å². The van der Waals surface area contributed by atoms with E-state index < -0.39 is 0 Å². The Bertz CT molecular complexity index is 648. The van der Waals surface area contributed by atoms with Crippen molar-refractivity contribution in [2.75, 3.05) is 26.7 Å². The Morgan fingerprint density at radius 2 is 2.16 bits per heavy atom. The summed E-state index contributed by atoms with van der Waals surface area (Å²) < 4.78 is 0. The standard InChI is InChI=1S/C17H23N5OS.HI/c1-22(11-8-14-5-2-3-9-19-14)16(23)13-21-17(18)20-10-7-15-6-4-12-24-15;/h2-6,9,12H,7-8,10-11,13H2,1H3,(H3,18,20,21);1H. The first-order chi connectivity index (χ1) is 11.6. The number of aliphatic imine (C=N–C) groups is 1. The van der Waals surface area contributed by atoms with E-state index in [1.54, 1.807) is 29.5 Å². The lowest BCUT2D eigenvalue weighted by Gasteiger charge is -2.15. The molecule has 0 aliphatic heterocycles. The van der Waals surface area contributed by atoms with Crippen molar-refractivity contribution in [3.8, 4) is 0 Å². The second kappa shape index (κ2) is 11.8. The number of carbonyl (C=O) groups excluding carboxylic acids is 1. The van der Waals surface area contributed by atoms with E-state index in [0.29, 0.717) is 19.0 Å². The van der Waals surface area contributed by atoms with Gasteiger partial charge in [-0.3, -0.25) is 9.78 Å². The second-order valence-electron chi connectivity index (χ2n) is 5.34. The van der Waals surface area contributed by atoms with Crippen LogP contribution in [0.4, 0.5) is 0 Å². The Hall–Kier alpha value is -1.68. The maximum atomic E-state index is 12.0. The van der Waals surface area contributed by atoms with Crippen LogP contribution < -0.4 is 11.1 Å². The maximum Gasteiger partial charge on any atom is 0.244 e. The van der Waals surface area contributed by atoms with Gasteiger partial charge in [0.05, 0.1) is 0 Å². The van der Waals surface area contributed by atoms with Gasteiger partial charge >= 0.3 is 0 Å². The van der Waals surface area contributed by atoms with Gasteiger partial charge in [0.25, 0.3) is 0 Å². The van der Waals surface area contributed by atoms with E-state index in [-0.39, 0.29) is 36.4 Å². The lowest BCUT2D eigenvalue weighted by atomic mass is 10.2. The summed E-state index contributed by atoms with van der Waals surface area (Å²) in [6, 6.07) is 9.88. The lowest BCUT2D eigenvalue weighted by molar-refractivity contribution is -0.128. The summed E-state index contributed by atoms with van der Waals surface area (Å²) in [5, 5.41) is 5.07. The number of carbonyl (C=O) groups is 1. The van der Waals surface area contributed by atoms with Crippen molar-refractivity contribution < 1.29 is 4.79 Å². The van der Waals surface area contributed by atoms with Crippen LogP contribution >= 0.6 is 35.3 Å². The molecule has 0 bridgehead atoms. The number of halogens is 1. The number of nitrogens with zero attached hydrogens (tertiary/aromatic N) is 3. The molecule has 136 valence electrons. The summed E-state index contributed by atoms with van der Waals surface area (Å²) in [6.45, 7) is 1.37. The number of pyridine rings is 1. The highest BCUT2D eigenvalue weighted by atomic mass is 127. The van der Waals surface area contributed by atoms with Crippen molar-refractivity contribution >= 4 is 47.2 Å². The molecule has 3 N–H and O–H groups in total. The second-order valence-corrected chi connectivity index (χ2v) is 6.38. The Kier molecular flexibility index (Phi) is 10.1. The molecule has 2 heterocycles. The van der Waals surface area contributed by atoms with Crippen molar-refractivity contribution in [2.24, 2.45) is 10.7 Å². The van der Waals surface area contributed by atoms with E-state index in [4.69, 9.17) is 5.73 Å². The molecule has 6 nitrogen and oxygen atoms in total. The van der Waals surface area contributed by atoms with Gasteiger partial charge in [0.1, 0.15) is 6.54 Å². The monoisotopic (exact) mass is 473 g/mol. The predicted octanol–water partition coefficient (Wildman–Crippen LogP) is 1.91. The molecule has 0 fully saturated rings. The molecule has 25 heavy (non-hydrogen) atoms. The molecule has 1 amide bonds. The molecule has 0 saturated carbocycles. The number of amides is 1. The molecule has 2 aromatic rings. The van der Waals surface area contributed by atoms with Gasteiger partial charge in [0.2, 0.25) is 5.91 Å². The van der Waals surface area contributed by atoms with Crippen LogP contribution in [0.15, 0.2) is 46.9 Å². The Balaban J connectivity index is 0.00000312. The number of nitrogens with two attached hydrogens (primary N) is 1. The van der Waals surface area contributed by atoms with E-state index in [0.717, 1.165) is 18.5 Å². The van der Waals surface area contributed by atoms with E-state index in [1.165, 1.54) is 4.88 Å². The topological polar surface area (TPSA) is 83.6 Å². The molecule has 2 aromatic heterocycles. The summed E-state index contributed by atoms with van der Waals surface area (Å²) in [5.74, 6) is 0.243. The lowest BCUT2D eigenvalue weighted by Crippen LogP contribution is -2.36. The molecule has 0 saturated heterocycles. The number of rotatable bonds is 8. The van der Waals surface area contributed by atoms with Gasteiger partial charge < -0.3 is 16.0 Å². The molecule has 0 atom stereocenters. The third-order valence-electron chi connectivity index (χ3n) is 3.50. The zero-order valence-electron chi connectivity index (χ0n) is 14.2. The normalized spacial score (nSPS) is 10.8. The van der Waals surface area contributed by atoms with Gasteiger partial charge in [-0.05, 0) is 30.0 Å². The third kappa shape index (κ3) is 8.30. The molecular formula is C17H24IN5OS. The SMILES string of the molecule is CN(CCc1ccccn1)C(=O)CN=C(N)NCCc1cccs1.I. The molecule has 0 aliphatic rings. The first-order valence-electron chi connectivity index (χ1n) is 7.85. The number of hydrogen-bond acceptors (Lipinski definition) is 4. The van der Waals surface area contributed by atoms with Crippen LogP contribution in [0.25, 0.3) is 0 Å². The van der Waals surface area contributed by atoms with Crippen LogP contribution in [0, 0.1) is 0 Å². The van der Waals surface area contributed by atoms with Gasteiger partial charge in [-0.2, -0.15) is 0 Å². The van der Waals surface area contributed by atoms with Crippen LogP contribution in [0.2, 0.25) is 0 Å². The van der Waals surface area contributed by atoms with E-state index in [2.05, 4.69) is 21.4 Å². The molecule has 8 heteroatoms. The van der Waals surface area contributed by atoms with Crippen LogP contribution in [0.3, 0.4) is 0 Å². The summed E-state index contributed by atoms with van der Waals surface area (Å²) in [5.41, 5.74) is 6.76. The first-order valence-corrected chi connectivity index (χ1v) is 8.73. The van der Waals surface area contributed by atoms with Gasteiger partial charge in [-0.15, -0.1) is 35.3 Å². The average molecular weight is 473 g/mol. The highest BCUT2D eigenvalue weighted by Gasteiger charge is 2.08. The quantitative estimate of drug-likeness (QED) is 0.349. The molecule has 0 aromatic carbocycles. The number of hydrogen-bond donors (Lipinski definition) is 2. The Morgan fingerprint density at radius 1 is 1.32 bits per heavy atom. The highest BCUT2D eigenvalue weighted by Crippen LogP contribution is 2.07. The first kappa shape index (κ1) is 21.4. The zero-order chi connectivity index (χ0) is 17.2. The smallest absolute Gasteiger partial charge is 0.244 e. The Morgan fingerprint density at radius 3 is 2.84 bits per heavy atom. The number of thiophene rings is 1. The minimum absolute atomic E-state index is 0. The molecule has 2 rings (SSSR count). The fourth-order valence-corrected chi connectivity index (χ4v) is 2.76. The van der Waals surface area contributed by atoms with E-state index >= 15 is 0 Å². The van der Waals surface area contributed by atoms with Crippen molar-refractivity contribution in [1.29, 1.82) is 0 Å². The molecule has 0 radical (unpaired) electrons. The van der Waals surface area contributed by atoms with Gasteiger partial charge in [0, 0.05) is 43.3 Å². The number of nitrogens with one attached hydrogen (secondary N) is 1. The van der Waals surface area contributed by atoms with Crippen LogP contribution in [-0.2, 0) is 17.6 Å². The van der Waals surface area contributed by atoms with E-state index in [1.807, 2.05) is 29.6 Å². The summed E-state index contributed by atoms with van der Waals surface area (Å²) in [6.07, 6.45) is 3.37. The maximum absolute atomic E-state index is 12.0. The zero-order valence-corrected chi connectivity index (χ0v) is 17.4. The predicted molar refractivity (Wildman–Crippen MR) is 114 cm³/mol. The molecular weight excluding hydrogens is 449 g/mol. The van der Waals surface area contributed by atoms with Crippen molar-refractivity contribution in [1.82, 2.24) is 15.2 Å². The van der Waals surface area contributed by atoms with E-state index in [9.17, 15) is 4.79 Å². The Labute approximate surface area is 169 Å². The number of likely N-dealkylation sites (N-methyl/N-ethyl adjacent to an activating group) is 1. The van der Waals surface area contributed by atoms with Crippen LogP contribution in [0.1, 0.15) is 10.6 Å². The summed E-state index contributed by atoms with van der Waals surface area (Å²) in [4.78, 5) is 23.3. The van der Waals surface area contributed by atoms with Crippen LogP contribution in [-0.4, -0.2) is 48.4 Å². The molecule has 0 spiro atoms. The minimum Gasteiger partial charge on any atom is -0.370 e. The minimum atomic E-state index is -0.0612. The molecule has 0 aliphatic carbocycles. The van der Waals surface area contributed by atoms with Crippen molar-refractivity contribution in [3.63, 3.8) is 0 Å². The summed E-state index contributed by atoms with van der Waals surface area (Å²) >= 11 is 1.71. The number of guanidine groups is 1. The fraction of sp³-hybridized carbons (Fsp3) is 0.353.